The van der Waals surface area contributed by atoms with Gasteiger partial charge in [0.2, 0.25) is 17.7 Å². The second-order valence-electron chi connectivity index (χ2n) is 9.22. The Morgan fingerprint density at radius 1 is 0.833 bits per heavy atom. The third-order valence-corrected chi connectivity index (χ3v) is 6.47. The van der Waals surface area contributed by atoms with Crippen LogP contribution >= 0.6 is 0 Å². The summed E-state index contributed by atoms with van der Waals surface area (Å²) in [7, 11) is 3.43. The first-order chi connectivity index (χ1) is 17.4. The number of rotatable bonds is 7. The summed E-state index contributed by atoms with van der Waals surface area (Å²) in [6.07, 6.45) is 0.417. The molecule has 0 aromatic heterocycles. The summed E-state index contributed by atoms with van der Waals surface area (Å²) in [5.41, 5.74) is 2.44. The van der Waals surface area contributed by atoms with Crippen molar-refractivity contribution in [2.24, 2.45) is 0 Å². The van der Waals surface area contributed by atoms with E-state index in [-0.39, 0.29) is 36.3 Å². The quantitative estimate of drug-likeness (QED) is 0.554. The normalized spacial score (nSPS) is 19.5. The highest BCUT2D eigenvalue weighted by Crippen LogP contribution is 2.38. The summed E-state index contributed by atoms with van der Waals surface area (Å²) >= 11 is 0. The first-order valence-corrected chi connectivity index (χ1v) is 12.1. The van der Waals surface area contributed by atoms with E-state index in [1.165, 1.54) is 6.92 Å². The van der Waals surface area contributed by atoms with Crippen molar-refractivity contribution >= 4 is 29.1 Å². The van der Waals surface area contributed by atoms with Crippen LogP contribution in [0.5, 0.6) is 0 Å². The maximum absolute atomic E-state index is 14.0. The molecular weight excluding hydrogens is 452 g/mol. The molecule has 4 rings (SSSR count). The highest BCUT2D eigenvalue weighted by atomic mass is 16.2. The van der Waals surface area contributed by atoms with Crippen molar-refractivity contribution in [1.82, 2.24) is 15.1 Å². The first kappa shape index (κ1) is 25.1. The Balaban J connectivity index is 1.75. The Bertz CT molecular complexity index is 1150. The van der Waals surface area contributed by atoms with Gasteiger partial charge in [0, 0.05) is 32.4 Å². The average molecular weight is 485 g/mol. The van der Waals surface area contributed by atoms with Gasteiger partial charge in [-0.25, -0.2) is 0 Å². The first-order valence-electron chi connectivity index (χ1n) is 12.1. The molecule has 186 valence electrons. The van der Waals surface area contributed by atoms with Gasteiger partial charge in [0.25, 0.3) is 0 Å². The molecule has 0 spiro atoms. The van der Waals surface area contributed by atoms with Crippen molar-refractivity contribution in [3.63, 3.8) is 0 Å². The largest absolute Gasteiger partial charge is 0.352 e. The van der Waals surface area contributed by atoms with Crippen LogP contribution in [0.3, 0.4) is 0 Å². The summed E-state index contributed by atoms with van der Waals surface area (Å²) < 4.78 is 0. The van der Waals surface area contributed by atoms with Crippen LogP contribution in [-0.2, 0) is 14.4 Å². The molecule has 1 heterocycles. The number of likely N-dealkylation sites (tertiary alicyclic amines) is 1. The van der Waals surface area contributed by atoms with E-state index in [1.807, 2.05) is 95.9 Å². The molecule has 36 heavy (non-hydrogen) atoms. The molecule has 7 heteroatoms. The van der Waals surface area contributed by atoms with E-state index in [4.69, 9.17) is 0 Å². The van der Waals surface area contributed by atoms with E-state index < -0.39 is 6.04 Å². The standard InChI is InChI=1S/C29H32N4O3/c1-21(34)30-25-19-26(29(36)31(2)3)32(28(25)22-13-7-4-8-14-22)20-27(35)33(23-15-9-5-10-16-23)24-17-11-6-12-18-24/h4-18,25-26,28H,19-20H2,1-3H3,(H,30,34)/t25-,26+,28+/m1/s1. The van der Waals surface area contributed by atoms with Gasteiger partial charge in [-0.1, -0.05) is 66.7 Å². The molecule has 3 aromatic rings. The smallest absolute Gasteiger partial charge is 0.245 e. The van der Waals surface area contributed by atoms with E-state index in [0.717, 1.165) is 16.9 Å². The molecule has 1 saturated heterocycles. The van der Waals surface area contributed by atoms with Crippen LogP contribution in [-0.4, -0.2) is 60.2 Å². The van der Waals surface area contributed by atoms with Gasteiger partial charge < -0.3 is 10.2 Å². The molecule has 0 radical (unpaired) electrons. The summed E-state index contributed by atoms with van der Waals surface area (Å²) in [4.78, 5) is 44.6. The van der Waals surface area contributed by atoms with E-state index in [9.17, 15) is 14.4 Å². The lowest BCUT2D eigenvalue weighted by Crippen LogP contribution is -2.48. The Hall–Kier alpha value is -3.97. The molecule has 0 aliphatic carbocycles. The number of hydrogen-bond donors (Lipinski definition) is 1. The van der Waals surface area contributed by atoms with Gasteiger partial charge in [-0.05, 0) is 36.2 Å². The predicted octanol–water partition coefficient (Wildman–Crippen LogP) is 3.76. The molecule has 1 fully saturated rings. The summed E-state index contributed by atoms with van der Waals surface area (Å²) in [6.45, 7) is 1.48. The number of hydrogen-bond acceptors (Lipinski definition) is 4. The molecule has 0 bridgehead atoms. The lowest BCUT2D eigenvalue weighted by atomic mass is 9.99. The number of benzene rings is 3. The monoisotopic (exact) mass is 484 g/mol. The van der Waals surface area contributed by atoms with Crippen LogP contribution in [0.1, 0.15) is 24.9 Å². The molecular formula is C29H32N4O3. The fourth-order valence-corrected chi connectivity index (χ4v) is 4.97. The zero-order valence-electron chi connectivity index (χ0n) is 20.9. The number of amides is 3. The molecule has 3 amide bonds. The summed E-state index contributed by atoms with van der Waals surface area (Å²) in [5.74, 6) is -0.420. The average Bonchev–Trinajstić information content (AvgIpc) is 3.22. The van der Waals surface area contributed by atoms with Gasteiger partial charge in [0.05, 0.1) is 24.7 Å². The summed E-state index contributed by atoms with van der Waals surface area (Å²) in [5, 5.41) is 3.03. The van der Waals surface area contributed by atoms with Crippen molar-refractivity contribution in [1.29, 1.82) is 0 Å². The molecule has 0 saturated carbocycles. The lowest BCUT2D eigenvalue weighted by molar-refractivity contribution is -0.134. The maximum Gasteiger partial charge on any atom is 0.245 e. The minimum atomic E-state index is -0.556. The van der Waals surface area contributed by atoms with Gasteiger partial charge in [-0.3, -0.25) is 24.2 Å². The van der Waals surface area contributed by atoms with Crippen molar-refractivity contribution in [3.05, 3.63) is 96.6 Å². The Morgan fingerprint density at radius 3 is 1.81 bits per heavy atom. The van der Waals surface area contributed by atoms with Gasteiger partial charge in [-0.2, -0.15) is 0 Å². The van der Waals surface area contributed by atoms with Crippen molar-refractivity contribution < 1.29 is 14.4 Å². The number of nitrogens with zero attached hydrogens (tertiary/aromatic N) is 3. The van der Waals surface area contributed by atoms with E-state index >= 15 is 0 Å². The van der Waals surface area contributed by atoms with Crippen LogP contribution < -0.4 is 10.2 Å². The van der Waals surface area contributed by atoms with Gasteiger partial charge in [0.15, 0.2) is 0 Å². The second kappa shape index (κ2) is 11.2. The van der Waals surface area contributed by atoms with Crippen LogP contribution in [0.2, 0.25) is 0 Å². The number of carbonyl (C=O) groups is 3. The van der Waals surface area contributed by atoms with Gasteiger partial charge in [-0.15, -0.1) is 0 Å². The highest BCUT2D eigenvalue weighted by Gasteiger charge is 2.47. The molecule has 3 aromatic carbocycles. The third kappa shape index (κ3) is 5.47. The fourth-order valence-electron chi connectivity index (χ4n) is 4.97. The number of anilines is 2. The number of nitrogens with one attached hydrogen (secondary N) is 1. The minimum Gasteiger partial charge on any atom is -0.352 e. The Kier molecular flexibility index (Phi) is 7.80. The number of likely N-dealkylation sites (N-methyl/N-ethyl adjacent to an activating group) is 1. The zero-order valence-corrected chi connectivity index (χ0v) is 20.9. The van der Waals surface area contributed by atoms with Crippen LogP contribution in [0.4, 0.5) is 11.4 Å². The fraction of sp³-hybridized carbons (Fsp3) is 0.276. The summed E-state index contributed by atoms with van der Waals surface area (Å²) in [6, 6.07) is 27.5. The van der Waals surface area contributed by atoms with E-state index in [0.29, 0.717) is 6.42 Å². The number of carbonyl (C=O) groups excluding carboxylic acids is 3. The molecule has 1 aliphatic rings. The van der Waals surface area contributed by atoms with E-state index in [2.05, 4.69) is 5.32 Å². The van der Waals surface area contributed by atoms with Crippen LogP contribution in [0.15, 0.2) is 91.0 Å². The maximum atomic E-state index is 14.0. The highest BCUT2D eigenvalue weighted by molar-refractivity contribution is 6.02. The Morgan fingerprint density at radius 2 is 1.33 bits per heavy atom. The van der Waals surface area contributed by atoms with E-state index in [1.54, 1.807) is 23.9 Å². The second-order valence-corrected chi connectivity index (χ2v) is 9.22. The Labute approximate surface area is 212 Å². The molecule has 7 nitrogen and oxygen atoms in total. The van der Waals surface area contributed by atoms with Crippen molar-refractivity contribution in [2.45, 2.75) is 31.5 Å². The number of para-hydroxylation sites is 2. The SMILES string of the molecule is CC(=O)N[C@@H]1C[C@@H](C(=O)N(C)C)N(CC(=O)N(c2ccccc2)c2ccccc2)[C@H]1c1ccccc1. The molecule has 1 aliphatic heterocycles. The molecule has 1 N–H and O–H groups in total. The predicted molar refractivity (Wildman–Crippen MR) is 141 cm³/mol. The molecule has 0 unspecified atom stereocenters. The van der Waals surface area contributed by atoms with Crippen LogP contribution in [0, 0.1) is 0 Å². The van der Waals surface area contributed by atoms with Gasteiger partial charge >= 0.3 is 0 Å². The van der Waals surface area contributed by atoms with Gasteiger partial charge in [0.1, 0.15) is 0 Å². The topological polar surface area (TPSA) is 73.0 Å². The minimum absolute atomic E-state index is 0.00365. The van der Waals surface area contributed by atoms with Crippen molar-refractivity contribution in [3.8, 4) is 0 Å². The third-order valence-electron chi connectivity index (χ3n) is 6.47. The van der Waals surface area contributed by atoms with Crippen molar-refractivity contribution in [2.75, 3.05) is 25.5 Å². The zero-order chi connectivity index (χ0) is 25.7. The lowest BCUT2D eigenvalue weighted by Gasteiger charge is -2.34. The van der Waals surface area contributed by atoms with Crippen LogP contribution in [0.25, 0.3) is 0 Å². The molecule has 3 atom stereocenters.